The van der Waals surface area contributed by atoms with Crippen molar-refractivity contribution in [2.45, 2.75) is 26.8 Å². The van der Waals surface area contributed by atoms with Gasteiger partial charge in [-0.1, -0.05) is 44.5 Å². The molecule has 2 nitrogen and oxygen atoms in total. The predicted octanol–water partition coefficient (Wildman–Crippen LogP) is 3.89. The van der Waals surface area contributed by atoms with E-state index in [1.807, 2.05) is 12.1 Å². The van der Waals surface area contributed by atoms with Crippen LogP contribution in [0.2, 0.25) is 5.02 Å². The van der Waals surface area contributed by atoms with Crippen LogP contribution in [0.5, 0.6) is 0 Å². The Labute approximate surface area is 132 Å². The van der Waals surface area contributed by atoms with Crippen LogP contribution in [0.15, 0.2) is 18.2 Å². The van der Waals surface area contributed by atoms with Crippen LogP contribution in [0.25, 0.3) is 0 Å². The van der Waals surface area contributed by atoms with Crippen molar-refractivity contribution in [3.05, 3.63) is 34.6 Å². The molecule has 0 unspecified atom stereocenters. The Morgan fingerprint density at radius 3 is 2.40 bits per heavy atom. The van der Waals surface area contributed by atoms with Crippen molar-refractivity contribution in [2.75, 3.05) is 26.2 Å². The van der Waals surface area contributed by atoms with E-state index in [-0.39, 0.29) is 34.7 Å². The van der Waals surface area contributed by atoms with Gasteiger partial charge in [0, 0.05) is 37.8 Å². The molecule has 1 aromatic rings. The fourth-order valence-electron chi connectivity index (χ4n) is 2.88. The van der Waals surface area contributed by atoms with Gasteiger partial charge in [0.15, 0.2) is 0 Å². The highest BCUT2D eigenvalue weighted by Crippen LogP contribution is 2.40. The summed E-state index contributed by atoms with van der Waals surface area (Å²) in [5.41, 5.74) is 0.671. The molecule has 0 saturated carbocycles. The van der Waals surface area contributed by atoms with Gasteiger partial charge >= 0.3 is 0 Å². The maximum atomic E-state index is 14.4. The summed E-state index contributed by atoms with van der Waals surface area (Å²) < 4.78 is 14.4. The average molecular weight is 321 g/mol. The Morgan fingerprint density at radius 1 is 1.25 bits per heavy atom. The highest BCUT2D eigenvalue weighted by Gasteiger charge is 2.34. The highest BCUT2D eigenvalue weighted by atomic mass is 35.5. The topological polar surface area (TPSA) is 15.3 Å². The van der Waals surface area contributed by atoms with Gasteiger partial charge in [0.05, 0.1) is 5.02 Å². The number of nitrogens with one attached hydrogen (secondary N) is 1. The number of rotatable bonds is 2. The Balaban J connectivity index is 0.00000200. The van der Waals surface area contributed by atoms with Gasteiger partial charge in [-0.3, -0.25) is 4.90 Å². The molecule has 1 N–H and O–H groups in total. The summed E-state index contributed by atoms with van der Waals surface area (Å²) >= 11 is 5.94. The summed E-state index contributed by atoms with van der Waals surface area (Å²) in [6, 6.07) is 5.35. The third-order valence-corrected chi connectivity index (χ3v) is 3.91. The largest absolute Gasteiger partial charge is 0.314 e. The summed E-state index contributed by atoms with van der Waals surface area (Å²) in [4.78, 5) is 2.35. The zero-order valence-electron chi connectivity index (χ0n) is 12.2. The first-order valence-electron chi connectivity index (χ1n) is 6.80. The second-order valence-electron chi connectivity index (χ2n) is 6.20. The smallest absolute Gasteiger partial charge is 0.146 e. The third kappa shape index (κ3) is 3.85. The third-order valence-electron chi connectivity index (χ3n) is 3.61. The van der Waals surface area contributed by atoms with Gasteiger partial charge in [0.1, 0.15) is 5.82 Å². The predicted molar refractivity (Wildman–Crippen MR) is 85.3 cm³/mol. The van der Waals surface area contributed by atoms with Crippen molar-refractivity contribution in [1.29, 1.82) is 0 Å². The normalized spacial score (nSPS) is 18.4. The molecule has 20 heavy (non-hydrogen) atoms. The molecule has 114 valence electrons. The second kappa shape index (κ2) is 7.08. The number of hydrogen-bond acceptors (Lipinski definition) is 2. The van der Waals surface area contributed by atoms with Crippen LogP contribution in [0.1, 0.15) is 32.4 Å². The molecule has 1 heterocycles. The highest BCUT2D eigenvalue weighted by molar-refractivity contribution is 6.30. The maximum Gasteiger partial charge on any atom is 0.146 e. The minimum Gasteiger partial charge on any atom is -0.314 e. The number of benzene rings is 1. The van der Waals surface area contributed by atoms with E-state index < -0.39 is 0 Å². The SMILES string of the molecule is CC(C)(C)[C@@H](c1cccc(Cl)c1F)N1CCNCC1.Cl. The van der Waals surface area contributed by atoms with Gasteiger partial charge in [-0.25, -0.2) is 4.39 Å². The second-order valence-corrected chi connectivity index (χ2v) is 6.60. The maximum absolute atomic E-state index is 14.4. The van der Waals surface area contributed by atoms with E-state index in [1.165, 1.54) is 0 Å². The Hall–Kier alpha value is -0.350. The van der Waals surface area contributed by atoms with E-state index in [4.69, 9.17) is 11.6 Å². The standard InChI is InChI=1S/C15H22ClFN2.ClH/c1-15(2,3)14(19-9-7-18-8-10-19)11-5-4-6-12(16)13(11)17;/h4-6,14,18H,7-10H2,1-3H3;1H/t14-;/m1./s1. The first-order valence-corrected chi connectivity index (χ1v) is 7.18. The van der Waals surface area contributed by atoms with Crippen LogP contribution >= 0.6 is 24.0 Å². The van der Waals surface area contributed by atoms with E-state index in [9.17, 15) is 4.39 Å². The van der Waals surface area contributed by atoms with Gasteiger partial charge < -0.3 is 5.32 Å². The summed E-state index contributed by atoms with van der Waals surface area (Å²) in [6.07, 6.45) is 0. The van der Waals surface area contributed by atoms with E-state index in [2.05, 4.69) is 31.0 Å². The van der Waals surface area contributed by atoms with E-state index >= 15 is 0 Å². The molecule has 5 heteroatoms. The summed E-state index contributed by atoms with van der Waals surface area (Å²) in [7, 11) is 0. The first kappa shape index (κ1) is 17.7. The minimum atomic E-state index is -0.275. The van der Waals surface area contributed by atoms with Crippen molar-refractivity contribution in [1.82, 2.24) is 10.2 Å². The molecule has 1 atom stereocenters. The van der Waals surface area contributed by atoms with Crippen molar-refractivity contribution in [3.63, 3.8) is 0 Å². The lowest BCUT2D eigenvalue weighted by Gasteiger charge is -2.42. The summed E-state index contributed by atoms with van der Waals surface area (Å²) in [6.45, 7) is 10.2. The zero-order valence-corrected chi connectivity index (χ0v) is 13.8. The molecule has 0 spiro atoms. The molecule has 0 radical (unpaired) electrons. The first-order chi connectivity index (χ1) is 8.91. The van der Waals surface area contributed by atoms with Gasteiger partial charge in [-0.05, 0) is 11.5 Å². The molecule has 1 aromatic carbocycles. The molecule has 1 aliphatic heterocycles. The molecule has 2 rings (SSSR count). The monoisotopic (exact) mass is 320 g/mol. The van der Waals surface area contributed by atoms with Crippen molar-refractivity contribution >= 4 is 24.0 Å². The fraction of sp³-hybridized carbons (Fsp3) is 0.600. The lowest BCUT2D eigenvalue weighted by Crippen LogP contribution is -2.48. The Morgan fingerprint density at radius 2 is 1.85 bits per heavy atom. The molecular formula is C15H23Cl2FN2. The van der Waals surface area contributed by atoms with Gasteiger partial charge in [-0.15, -0.1) is 12.4 Å². The zero-order chi connectivity index (χ0) is 14.0. The van der Waals surface area contributed by atoms with Crippen LogP contribution in [0.4, 0.5) is 4.39 Å². The van der Waals surface area contributed by atoms with Crippen molar-refractivity contribution in [2.24, 2.45) is 5.41 Å². The lowest BCUT2D eigenvalue weighted by atomic mass is 9.80. The van der Waals surface area contributed by atoms with Gasteiger partial charge in [-0.2, -0.15) is 0 Å². The minimum absolute atomic E-state index is 0. The molecule has 0 amide bonds. The number of nitrogens with zero attached hydrogens (tertiary/aromatic N) is 1. The molecule has 1 fully saturated rings. The Kier molecular flexibility index (Phi) is 6.26. The van der Waals surface area contributed by atoms with Gasteiger partial charge in [0.2, 0.25) is 0 Å². The van der Waals surface area contributed by atoms with E-state index in [1.54, 1.807) is 6.07 Å². The average Bonchev–Trinajstić information content (AvgIpc) is 2.35. The van der Waals surface area contributed by atoms with Crippen molar-refractivity contribution < 1.29 is 4.39 Å². The van der Waals surface area contributed by atoms with Crippen LogP contribution < -0.4 is 5.32 Å². The molecule has 0 aliphatic carbocycles. The van der Waals surface area contributed by atoms with Crippen LogP contribution in [0.3, 0.4) is 0 Å². The number of halogens is 3. The number of piperazine rings is 1. The van der Waals surface area contributed by atoms with Gasteiger partial charge in [0.25, 0.3) is 0 Å². The number of hydrogen-bond donors (Lipinski definition) is 1. The molecule has 0 aromatic heterocycles. The molecular weight excluding hydrogens is 298 g/mol. The van der Waals surface area contributed by atoms with Crippen LogP contribution in [-0.4, -0.2) is 31.1 Å². The van der Waals surface area contributed by atoms with Crippen LogP contribution in [0, 0.1) is 11.2 Å². The van der Waals surface area contributed by atoms with Crippen LogP contribution in [-0.2, 0) is 0 Å². The molecule has 0 bridgehead atoms. The molecule has 1 saturated heterocycles. The molecule has 1 aliphatic rings. The summed E-state index contributed by atoms with van der Waals surface area (Å²) in [5.74, 6) is -0.275. The van der Waals surface area contributed by atoms with Crippen molar-refractivity contribution in [3.8, 4) is 0 Å². The summed E-state index contributed by atoms with van der Waals surface area (Å²) in [5, 5.41) is 3.55. The Bertz CT molecular complexity index is 440. The lowest BCUT2D eigenvalue weighted by molar-refractivity contribution is 0.0835. The van der Waals surface area contributed by atoms with E-state index in [0.29, 0.717) is 5.56 Å². The van der Waals surface area contributed by atoms with E-state index in [0.717, 1.165) is 26.2 Å². The fourth-order valence-corrected chi connectivity index (χ4v) is 3.06. The quantitative estimate of drug-likeness (QED) is 0.889.